The molecule has 0 aromatic carbocycles. The van der Waals surface area contributed by atoms with Crippen molar-refractivity contribution in [2.75, 3.05) is 13.1 Å². The Labute approximate surface area is 123 Å². The molecule has 2 aliphatic rings. The first-order valence-electron chi connectivity index (χ1n) is 7.99. The smallest absolute Gasteiger partial charge is 0.227 e. The maximum absolute atomic E-state index is 12.7. The number of piperidine rings is 1. The number of carbonyl (C=O) groups excluding carboxylic acids is 1. The van der Waals surface area contributed by atoms with E-state index in [1.807, 2.05) is 0 Å². The lowest BCUT2D eigenvalue weighted by molar-refractivity contribution is -0.131. The number of hydrogen-bond acceptors (Lipinski definition) is 3. The van der Waals surface area contributed by atoms with Gasteiger partial charge in [-0.15, -0.1) is 0 Å². The highest BCUT2D eigenvalue weighted by atomic mass is 16.2. The molecule has 3 N–H and O–H groups in total. The topological polar surface area (TPSA) is 53.2 Å². The number of carbonyl (C=O) groups is 1. The molecule has 2 rings (SSSR count). The van der Waals surface area contributed by atoms with Gasteiger partial charge in [0, 0.05) is 23.7 Å². The first-order valence-corrected chi connectivity index (χ1v) is 7.99. The van der Waals surface area contributed by atoms with Gasteiger partial charge in [0.25, 0.3) is 0 Å². The molecule has 0 aromatic heterocycles. The molecule has 0 radical (unpaired) electrons. The summed E-state index contributed by atoms with van der Waals surface area (Å²) in [4.78, 5) is 12.7. The fraction of sp³-hybridized carbons (Fsp3) is 0.938. The van der Waals surface area contributed by atoms with Gasteiger partial charge in [-0.3, -0.25) is 4.79 Å². The van der Waals surface area contributed by atoms with Crippen LogP contribution < -0.4 is 16.0 Å². The number of hydrogen-bond donors (Lipinski definition) is 3. The molecule has 2 saturated heterocycles. The predicted octanol–water partition coefficient (Wildman–Crippen LogP) is 1.80. The van der Waals surface area contributed by atoms with Crippen molar-refractivity contribution in [1.82, 2.24) is 16.0 Å². The average Bonchev–Trinajstić information content (AvgIpc) is 2.73. The molecule has 4 heteroatoms. The second kappa shape index (κ2) is 5.30. The minimum Gasteiger partial charge on any atom is -0.353 e. The van der Waals surface area contributed by atoms with Gasteiger partial charge in [0.2, 0.25) is 5.91 Å². The van der Waals surface area contributed by atoms with Gasteiger partial charge in [-0.25, -0.2) is 0 Å². The van der Waals surface area contributed by atoms with E-state index in [-0.39, 0.29) is 28.4 Å². The Morgan fingerprint density at radius 3 is 2.25 bits per heavy atom. The molecule has 0 aliphatic carbocycles. The maximum atomic E-state index is 12.7. The van der Waals surface area contributed by atoms with Gasteiger partial charge in [-0.05, 0) is 59.9 Å². The Bertz CT molecular complexity index is 354. The monoisotopic (exact) mass is 281 g/mol. The van der Waals surface area contributed by atoms with E-state index in [4.69, 9.17) is 0 Å². The number of amides is 1. The van der Waals surface area contributed by atoms with Crippen LogP contribution in [0.25, 0.3) is 0 Å². The lowest BCUT2D eigenvalue weighted by Crippen LogP contribution is -2.63. The summed E-state index contributed by atoms with van der Waals surface area (Å²) in [6, 6.07) is 0.276. The quantitative estimate of drug-likeness (QED) is 0.739. The molecule has 2 fully saturated rings. The minimum atomic E-state index is -0.181. The number of nitrogens with one attached hydrogen (secondary N) is 3. The van der Waals surface area contributed by atoms with Crippen LogP contribution >= 0.6 is 0 Å². The van der Waals surface area contributed by atoms with E-state index in [0.29, 0.717) is 0 Å². The first kappa shape index (κ1) is 15.8. The molecule has 2 heterocycles. The first-order chi connectivity index (χ1) is 9.18. The summed E-state index contributed by atoms with van der Waals surface area (Å²) in [5, 5.41) is 10.4. The van der Waals surface area contributed by atoms with E-state index in [9.17, 15) is 4.79 Å². The Hall–Kier alpha value is -0.610. The van der Waals surface area contributed by atoms with Crippen LogP contribution in [0.1, 0.15) is 60.3 Å². The highest BCUT2D eigenvalue weighted by molar-refractivity contribution is 5.83. The van der Waals surface area contributed by atoms with Gasteiger partial charge in [0.15, 0.2) is 0 Å². The third kappa shape index (κ3) is 3.34. The van der Waals surface area contributed by atoms with Crippen molar-refractivity contribution in [3.8, 4) is 0 Å². The molecule has 1 atom stereocenters. The van der Waals surface area contributed by atoms with Crippen molar-refractivity contribution < 1.29 is 4.79 Å². The maximum Gasteiger partial charge on any atom is 0.227 e. The predicted molar refractivity (Wildman–Crippen MR) is 82.7 cm³/mol. The normalized spacial score (nSPS) is 33.0. The summed E-state index contributed by atoms with van der Waals surface area (Å²) in [5.41, 5.74) is -0.0286. The molecule has 4 nitrogen and oxygen atoms in total. The fourth-order valence-electron chi connectivity index (χ4n) is 4.16. The molecule has 0 aromatic rings. The highest BCUT2D eigenvalue weighted by Crippen LogP contribution is 2.32. The van der Waals surface area contributed by atoms with Crippen molar-refractivity contribution in [1.29, 1.82) is 0 Å². The third-order valence-electron chi connectivity index (χ3n) is 4.93. The summed E-state index contributed by atoms with van der Waals surface area (Å²) >= 11 is 0. The lowest BCUT2D eigenvalue weighted by atomic mass is 9.78. The zero-order chi connectivity index (χ0) is 15.0. The van der Waals surface area contributed by atoms with Gasteiger partial charge in [0.05, 0.1) is 5.41 Å². The Kier molecular flexibility index (Phi) is 4.18. The SMILES string of the molecule is CCC1(C(=O)NC2CC(C)(C)NC(C)(C)C2)CCNC1. The zero-order valence-corrected chi connectivity index (χ0v) is 13.7. The van der Waals surface area contributed by atoms with Crippen LogP contribution in [-0.4, -0.2) is 36.1 Å². The van der Waals surface area contributed by atoms with Crippen LogP contribution in [0, 0.1) is 5.41 Å². The van der Waals surface area contributed by atoms with Crippen LogP contribution in [-0.2, 0) is 4.79 Å². The van der Waals surface area contributed by atoms with Crippen LogP contribution in [0.5, 0.6) is 0 Å². The Morgan fingerprint density at radius 1 is 1.20 bits per heavy atom. The number of rotatable bonds is 3. The lowest BCUT2D eigenvalue weighted by Gasteiger charge is -2.47. The largest absolute Gasteiger partial charge is 0.353 e. The van der Waals surface area contributed by atoms with Crippen LogP contribution in [0.4, 0.5) is 0 Å². The fourth-order valence-corrected chi connectivity index (χ4v) is 4.16. The van der Waals surface area contributed by atoms with Crippen LogP contribution in [0.2, 0.25) is 0 Å². The zero-order valence-electron chi connectivity index (χ0n) is 13.7. The Balaban J connectivity index is 2.03. The molecule has 116 valence electrons. The molecular weight excluding hydrogens is 250 g/mol. The molecule has 1 amide bonds. The standard InChI is InChI=1S/C16H31N3O/c1-6-16(7-8-17-11-16)13(20)18-12-9-14(2,3)19-15(4,5)10-12/h12,17,19H,6-11H2,1-5H3,(H,18,20). The molecule has 0 saturated carbocycles. The molecular formula is C16H31N3O. The third-order valence-corrected chi connectivity index (χ3v) is 4.93. The minimum absolute atomic E-state index is 0.0764. The second-order valence-corrected chi connectivity index (χ2v) is 8.03. The van der Waals surface area contributed by atoms with E-state index in [1.165, 1.54) is 0 Å². The van der Waals surface area contributed by atoms with Crippen molar-refractivity contribution in [2.24, 2.45) is 5.41 Å². The van der Waals surface area contributed by atoms with Crippen LogP contribution in [0.15, 0.2) is 0 Å². The van der Waals surface area contributed by atoms with E-state index < -0.39 is 0 Å². The van der Waals surface area contributed by atoms with E-state index in [2.05, 4.69) is 50.6 Å². The Morgan fingerprint density at radius 2 is 1.80 bits per heavy atom. The summed E-state index contributed by atoms with van der Waals surface area (Å²) in [7, 11) is 0. The van der Waals surface area contributed by atoms with E-state index in [1.54, 1.807) is 0 Å². The summed E-state index contributed by atoms with van der Waals surface area (Å²) in [5.74, 6) is 0.253. The molecule has 0 spiro atoms. The van der Waals surface area contributed by atoms with Gasteiger partial charge in [0.1, 0.15) is 0 Å². The van der Waals surface area contributed by atoms with E-state index in [0.717, 1.165) is 38.8 Å². The van der Waals surface area contributed by atoms with Gasteiger partial charge in [-0.2, -0.15) is 0 Å². The second-order valence-electron chi connectivity index (χ2n) is 8.03. The summed E-state index contributed by atoms with van der Waals surface area (Å²) < 4.78 is 0. The molecule has 2 aliphatic heterocycles. The van der Waals surface area contributed by atoms with Crippen molar-refractivity contribution in [2.45, 2.75) is 77.4 Å². The average molecular weight is 281 g/mol. The van der Waals surface area contributed by atoms with Gasteiger partial charge < -0.3 is 16.0 Å². The van der Waals surface area contributed by atoms with E-state index >= 15 is 0 Å². The van der Waals surface area contributed by atoms with Crippen molar-refractivity contribution >= 4 is 5.91 Å². The summed E-state index contributed by atoms with van der Waals surface area (Å²) in [6.45, 7) is 12.8. The van der Waals surface area contributed by atoms with Gasteiger partial charge >= 0.3 is 0 Å². The van der Waals surface area contributed by atoms with Crippen molar-refractivity contribution in [3.63, 3.8) is 0 Å². The molecule has 20 heavy (non-hydrogen) atoms. The summed E-state index contributed by atoms with van der Waals surface area (Å²) in [6.07, 6.45) is 3.88. The van der Waals surface area contributed by atoms with Crippen LogP contribution in [0.3, 0.4) is 0 Å². The highest BCUT2D eigenvalue weighted by Gasteiger charge is 2.43. The molecule has 1 unspecified atom stereocenters. The van der Waals surface area contributed by atoms with Gasteiger partial charge in [-0.1, -0.05) is 6.92 Å². The molecule has 0 bridgehead atoms. The van der Waals surface area contributed by atoms with Crippen molar-refractivity contribution in [3.05, 3.63) is 0 Å².